The highest BCUT2D eigenvalue weighted by atomic mass is 32.1. The second-order valence-corrected chi connectivity index (χ2v) is 26.0. The molecule has 0 aliphatic rings. The van der Waals surface area contributed by atoms with Crippen molar-refractivity contribution in [3.63, 3.8) is 0 Å². The zero-order valence-electron chi connectivity index (χ0n) is 59.5. The molecule has 0 unspecified atom stereocenters. The number of amides is 14. The molecular weight excluding hydrogens is 1470 g/mol. The highest BCUT2D eigenvalue weighted by molar-refractivity contribution is 7.80. The summed E-state index contributed by atoms with van der Waals surface area (Å²) in [4.78, 5) is 223. The van der Waals surface area contributed by atoms with Gasteiger partial charge in [0.2, 0.25) is 82.7 Å². The zero-order valence-corrected chi connectivity index (χ0v) is 62.2. The van der Waals surface area contributed by atoms with Gasteiger partial charge in [-0.05, 0) is 96.6 Å². The number of H-pyrrole nitrogens is 1. The maximum atomic E-state index is 14.4. The number of hydrogen-bond donors (Lipinski definition) is 28. The molecule has 0 saturated carbocycles. The normalized spacial score (nSPS) is 15.0. The Labute approximate surface area is 632 Å². The number of carbonyl (C=O) groups is 16. The summed E-state index contributed by atoms with van der Waals surface area (Å²) in [7, 11) is 0. The maximum Gasteiger partial charge on any atom is 0.326 e. The van der Waals surface area contributed by atoms with Crippen LogP contribution < -0.4 is 104 Å². The molecule has 31 N–H and O–H groups in total. The number of guanidine groups is 1. The minimum Gasteiger partial charge on any atom is -0.481 e. The third-order valence-corrected chi connectivity index (χ3v) is 16.7. The average molecular weight is 1580 g/mol. The van der Waals surface area contributed by atoms with Gasteiger partial charge in [-0.25, -0.2) is 9.78 Å². The minimum atomic E-state index is -1.89. The number of nitrogens with one attached hydrogen (secondary N) is 14. The summed E-state index contributed by atoms with van der Waals surface area (Å²) in [5.74, 6) is -19.3. The minimum absolute atomic E-state index is 0.00682. The number of aliphatic hydroxyl groups is 3. The summed E-state index contributed by atoms with van der Waals surface area (Å²) in [6.45, 7) is 1.55. The standard InChI is InChI=1S/C61H106N22O21S3/c1-29(2)19-38(77-57(100)41(25-105)80-48(91)32(64)20-31-21-68-28-71-31)53(96)78-40(24-85)55(98)82-43(27-107)58(101)79-39(23-84)54(97)74-34(10-5-7-17-63)51(94)81-42(26-106)56(99)75-35(11-8-18-69-61(66)67)50(93)73-33(9-4-6-16-62)49(92)76-36(13-15-46(89)90)52(95)83-47(30(3)86)59(102)70-22-45(88)72-37(60(103)104)12-14-44(65)87/h21,28-30,32-43,47,84-86,105-107H,4-20,22-27,62-64H2,1-3H3,(H2,65,87)(H,68,71)(H,70,102)(H,72,88)(H,73,93)(H,74,97)(H,75,99)(H,76,92)(H,77,100)(H,78,96)(H,79,101)(H,80,91)(H,81,94)(H,82,98)(H,83,95)(H,89,90)(H,103,104)(H4,66,67,69)/t30-,32+,33+,34+,35+,36+,37+,38+,39+,40+,41+,42+,43+,47+/m1/s1. The van der Waals surface area contributed by atoms with E-state index >= 15 is 0 Å². The van der Waals surface area contributed by atoms with Crippen molar-refractivity contribution in [2.45, 2.75) is 195 Å². The largest absolute Gasteiger partial charge is 0.481 e. The highest BCUT2D eigenvalue weighted by Gasteiger charge is 2.38. The lowest BCUT2D eigenvalue weighted by Gasteiger charge is -2.28. The Bertz CT molecular complexity index is 3140. The van der Waals surface area contributed by atoms with E-state index in [1.54, 1.807) is 13.8 Å². The van der Waals surface area contributed by atoms with Crippen molar-refractivity contribution in [2.24, 2.45) is 45.3 Å². The van der Waals surface area contributed by atoms with Crippen LogP contribution in [-0.4, -0.2) is 277 Å². The molecule has 43 nitrogen and oxygen atoms in total. The Morgan fingerprint density at radius 2 is 0.869 bits per heavy atom. The number of aliphatic hydroxyl groups excluding tert-OH is 3. The predicted molar refractivity (Wildman–Crippen MR) is 392 cm³/mol. The molecule has 1 aromatic heterocycles. The monoisotopic (exact) mass is 1580 g/mol. The quantitative estimate of drug-likeness (QED) is 0.0125. The van der Waals surface area contributed by atoms with Crippen molar-refractivity contribution in [2.75, 3.05) is 56.7 Å². The molecule has 14 amide bonds. The molecule has 107 heavy (non-hydrogen) atoms. The predicted octanol–water partition coefficient (Wildman–Crippen LogP) is -11.1. The molecule has 604 valence electrons. The number of aliphatic imine (C=N–C) groups is 1. The molecule has 46 heteroatoms. The number of hydrogen-bond acceptors (Lipinski definition) is 27. The van der Waals surface area contributed by atoms with Gasteiger partial charge in [-0.3, -0.25) is 76.9 Å². The average Bonchev–Trinajstić information content (AvgIpc) is 0.874. The van der Waals surface area contributed by atoms with Crippen molar-refractivity contribution in [1.29, 1.82) is 0 Å². The number of carbonyl (C=O) groups excluding carboxylic acids is 14. The third-order valence-electron chi connectivity index (χ3n) is 15.6. The first-order chi connectivity index (χ1) is 50.5. The maximum absolute atomic E-state index is 14.4. The molecule has 1 heterocycles. The first-order valence-corrected chi connectivity index (χ1v) is 36.0. The molecule has 0 aromatic carbocycles. The van der Waals surface area contributed by atoms with Crippen LogP contribution in [0.2, 0.25) is 0 Å². The van der Waals surface area contributed by atoms with Gasteiger partial charge in [0, 0.05) is 55.0 Å². The van der Waals surface area contributed by atoms with Gasteiger partial charge in [0.05, 0.1) is 38.2 Å². The van der Waals surface area contributed by atoms with Crippen LogP contribution in [0, 0.1) is 5.92 Å². The van der Waals surface area contributed by atoms with Gasteiger partial charge in [-0.1, -0.05) is 13.8 Å². The number of carboxylic acid groups (broad SMARTS) is 2. The van der Waals surface area contributed by atoms with Crippen molar-refractivity contribution in [3.8, 4) is 0 Å². The van der Waals surface area contributed by atoms with Crippen molar-refractivity contribution >= 4 is 138 Å². The molecule has 0 aliphatic heterocycles. The first kappa shape index (κ1) is 95.8. The number of aromatic amines is 1. The molecule has 1 aromatic rings. The Morgan fingerprint density at radius 1 is 0.486 bits per heavy atom. The molecule has 1 rings (SSSR count). The van der Waals surface area contributed by atoms with Crippen LogP contribution in [0.25, 0.3) is 0 Å². The Kier molecular flexibility index (Phi) is 46.5. The molecular formula is C61H106N22O21S3. The molecule has 14 atom stereocenters. The molecule has 0 aliphatic carbocycles. The number of imidazole rings is 1. The number of aliphatic carboxylic acids is 2. The van der Waals surface area contributed by atoms with E-state index in [0.717, 1.165) is 6.92 Å². The van der Waals surface area contributed by atoms with E-state index in [1.807, 2.05) is 0 Å². The van der Waals surface area contributed by atoms with E-state index in [4.69, 9.17) is 34.4 Å². The van der Waals surface area contributed by atoms with E-state index in [2.05, 4.69) is 122 Å². The number of primary amides is 1. The van der Waals surface area contributed by atoms with Gasteiger partial charge in [-0.15, -0.1) is 0 Å². The number of rotatable bonds is 55. The highest BCUT2D eigenvalue weighted by Crippen LogP contribution is 2.12. The van der Waals surface area contributed by atoms with Crippen molar-refractivity contribution in [3.05, 3.63) is 18.2 Å². The topological polar surface area (TPSA) is 728 Å². The van der Waals surface area contributed by atoms with Crippen LogP contribution in [0.3, 0.4) is 0 Å². The number of nitrogens with zero attached hydrogens (tertiary/aromatic N) is 2. The lowest BCUT2D eigenvalue weighted by molar-refractivity contribution is -0.142. The lowest BCUT2D eigenvalue weighted by Crippen LogP contribution is -2.62. The fraction of sp³-hybridized carbons (Fsp3) is 0.672. The van der Waals surface area contributed by atoms with E-state index in [9.17, 15) is 102 Å². The van der Waals surface area contributed by atoms with Gasteiger partial charge < -0.3 is 134 Å². The van der Waals surface area contributed by atoms with Crippen LogP contribution in [-0.2, 0) is 83.1 Å². The fourth-order valence-corrected chi connectivity index (χ4v) is 10.5. The van der Waals surface area contributed by atoms with E-state index < -0.39 is 236 Å². The van der Waals surface area contributed by atoms with Gasteiger partial charge >= 0.3 is 11.9 Å². The van der Waals surface area contributed by atoms with Crippen molar-refractivity contribution < 1.29 is 102 Å². The first-order valence-electron chi connectivity index (χ1n) is 34.1. The van der Waals surface area contributed by atoms with E-state index in [0.29, 0.717) is 12.1 Å². The summed E-state index contributed by atoms with van der Waals surface area (Å²) in [5, 5.41) is 80.7. The van der Waals surface area contributed by atoms with Crippen LogP contribution in [0.1, 0.15) is 110 Å². The van der Waals surface area contributed by atoms with E-state index in [-0.39, 0.29) is 95.1 Å². The fourth-order valence-electron chi connectivity index (χ4n) is 9.69. The number of thiol groups is 3. The summed E-state index contributed by atoms with van der Waals surface area (Å²) < 4.78 is 0. The van der Waals surface area contributed by atoms with Crippen LogP contribution in [0.4, 0.5) is 0 Å². The smallest absolute Gasteiger partial charge is 0.326 e. The Morgan fingerprint density at radius 3 is 1.25 bits per heavy atom. The van der Waals surface area contributed by atoms with Gasteiger partial charge in [0.1, 0.15) is 72.5 Å². The van der Waals surface area contributed by atoms with Crippen LogP contribution in [0.15, 0.2) is 17.5 Å². The zero-order chi connectivity index (χ0) is 81.0. The number of carboxylic acids is 2. The molecule has 0 bridgehead atoms. The molecule has 0 radical (unpaired) electrons. The molecule has 0 fully saturated rings. The SMILES string of the molecule is CC(C)C[C@H](NC(=O)[C@H](CS)NC(=O)[C@@H](N)Cc1cnc[nH]1)C(=O)N[C@@H](CO)C(=O)N[C@@H](CS)C(=O)N[C@@H](CO)C(=O)N[C@@H](CCCCN)C(=O)N[C@@H](CS)C(=O)N[C@@H](CCCN=C(N)N)C(=O)N[C@@H](CCCCN)C(=O)N[C@@H](CCC(=O)O)C(=O)N[C@H](C(=O)NCC(=O)N[C@@H](CCC(N)=O)C(=O)O)[C@@H](C)O. The summed E-state index contributed by atoms with van der Waals surface area (Å²) >= 11 is 12.6. The summed E-state index contributed by atoms with van der Waals surface area (Å²) in [6, 6.07) is -20.6. The van der Waals surface area contributed by atoms with Gasteiger partial charge in [0.25, 0.3) is 0 Å². The summed E-state index contributed by atoms with van der Waals surface area (Å²) in [6.07, 6.45) is -0.812. The van der Waals surface area contributed by atoms with Crippen LogP contribution >= 0.6 is 37.9 Å². The molecule has 0 spiro atoms. The van der Waals surface area contributed by atoms with Crippen molar-refractivity contribution in [1.82, 2.24) is 79.1 Å². The second-order valence-electron chi connectivity index (χ2n) is 24.9. The lowest BCUT2D eigenvalue weighted by atomic mass is 10.0. The molecule has 0 saturated heterocycles. The Hall–Kier alpha value is -9.19. The Balaban J connectivity index is 3.43. The van der Waals surface area contributed by atoms with Crippen LogP contribution in [0.5, 0.6) is 0 Å². The number of aromatic nitrogens is 2. The second kappa shape index (κ2) is 51.9. The van der Waals surface area contributed by atoms with Gasteiger partial charge in [0.15, 0.2) is 5.96 Å². The number of nitrogens with two attached hydrogens (primary N) is 6. The van der Waals surface area contributed by atoms with E-state index in [1.165, 1.54) is 12.5 Å². The summed E-state index contributed by atoms with van der Waals surface area (Å²) in [5.41, 5.74) is 34.1. The number of unbranched alkanes of at least 4 members (excludes halogenated alkanes) is 2. The third kappa shape index (κ3) is 37.8. The van der Waals surface area contributed by atoms with Gasteiger partial charge in [-0.2, -0.15) is 37.9 Å².